The van der Waals surface area contributed by atoms with E-state index in [0.29, 0.717) is 0 Å². The Bertz CT molecular complexity index is 594. The average Bonchev–Trinajstić information content (AvgIpc) is 3.05. The van der Waals surface area contributed by atoms with Gasteiger partial charge in [0.25, 0.3) is 0 Å². The highest BCUT2D eigenvalue weighted by Gasteiger charge is 2.36. The summed E-state index contributed by atoms with van der Waals surface area (Å²) in [6, 6.07) is 8.51. The quantitative estimate of drug-likeness (QED) is 0.919. The fraction of sp³-hybridized carbons (Fsp3) is 0.500. The minimum atomic E-state index is 0.165. The monoisotopic (exact) mass is 258 g/mol. The van der Waals surface area contributed by atoms with Crippen LogP contribution in [-0.4, -0.2) is 18.2 Å². The van der Waals surface area contributed by atoms with Crippen LogP contribution in [0, 0.1) is 0 Å². The van der Waals surface area contributed by atoms with Crippen LogP contribution in [0.15, 0.2) is 24.3 Å². The third kappa shape index (κ3) is 1.76. The zero-order valence-corrected chi connectivity index (χ0v) is 11.8. The lowest BCUT2D eigenvalue weighted by Crippen LogP contribution is -2.33. The van der Waals surface area contributed by atoms with Gasteiger partial charge >= 0.3 is 0 Å². The molecule has 3 nitrogen and oxygen atoms in total. The summed E-state index contributed by atoms with van der Waals surface area (Å²) >= 11 is 0. The van der Waals surface area contributed by atoms with Crippen LogP contribution in [0.25, 0.3) is 10.9 Å². The Kier molecular flexibility index (Phi) is 3.02. The number of ether oxygens (including phenoxy) is 1. The van der Waals surface area contributed by atoms with E-state index in [2.05, 4.69) is 29.8 Å². The summed E-state index contributed by atoms with van der Waals surface area (Å²) < 4.78 is 7.78. The predicted octanol–water partition coefficient (Wildman–Crippen LogP) is 2.96. The Morgan fingerprint density at radius 2 is 2.05 bits per heavy atom. The maximum atomic E-state index is 6.12. The van der Waals surface area contributed by atoms with Crippen molar-refractivity contribution in [3.8, 4) is 5.75 Å². The van der Waals surface area contributed by atoms with Crippen LogP contribution >= 0.6 is 0 Å². The van der Waals surface area contributed by atoms with Gasteiger partial charge in [-0.1, -0.05) is 18.9 Å². The first-order valence-corrected chi connectivity index (χ1v) is 7.05. The smallest absolute Gasteiger partial charge is 0.128 e. The maximum Gasteiger partial charge on any atom is 0.128 e. The van der Waals surface area contributed by atoms with Gasteiger partial charge < -0.3 is 15.0 Å². The molecule has 2 aromatic rings. The molecule has 1 aliphatic carbocycles. The molecule has 0 atom stereocenters. The van der Waals surface area contributed by atoms with Crippen molar-refractivity contribution < 1.29 is 4.74 Å². The SMILES string of the molecule is COc1cccc2c1cc(C1(CN)CCCC1)n2C. The molecule has 0 radical (unpaired) electrons. The first kappa shape index (κ1) is 12.5. The van der Waals surface area contributed by atoms with Gasteiger partial charge in [-0.15, -0.1) is 0 Å². The molecule has 1 aromatic heterocycles. The largest absolute Gasteiger partial charge is 0.496 e. The Morgan fingerprint density at radius 1 is 1.32 bits per heavy atom. The van der Waals surface area contributed by atoms with Crippen LogP contribution in [0.1, 0.15) is 31.4 Å². The summed E-state index contributed by atoms with van der Waals surface area (Å²) in [6.07, 6.45) is 4.98. The molecular weight excluding hydrogens is 236 g/mol. The van der Waals surface area contributed by atoms with E-state index in [0.717, 1.165) is 12.3 Å². The number of benzene rings is 1. The summed E-state index contributed by atoms with van der Waals surface area (Å²) in [5.41, 5.74) is 8.88. The lowest BCUT2D eigenvalue weighted by Gasteiger charge is -2.28. The number of aromatic nitrogens is 1. The first-order chi connectivity index (χ1) is 9.22. The fourth-order valence-electron chi connectivity index (χ4n) is 3.64. The molecule has 1 saturated carbocycles. The van der Waals surface area contributed by atoms with Crippen molar-refractivity contribution in [2.24, 2.45) is 12.8 Å². The van der Waals surface area contributed by atoms with Gasteiger partial charge in [-0.2, -0.15) is 0 Å². The summed E-state index contributed by atoms with van der Waals surface area (Å²) in [5.74, 6) is 0.949. The molecule has 1 fully saturated rings. The van der Waals surface area contributed by atoms with E-state index in [9.17, 15) is 0 Å². The van der Waals surface area contributed by atoms with Gasteiger partial charge in [-0.3, -0.25) is 0 Å². The molecule has 0 amide bonds. The molecule has 2 N–H and O–H groups in total. The zero-order valence-electron chi connectivity index (χ0n) is 11.8. The molecule has 1 aliphatic rings. The molecule has 0 saturated heterocycles. The first-order valence-electron chi connectivity index (χ1n) is 7.05. The van der Waals surface area contributed by atoms with Crippen LogP contribution in [0.2, 0.25) is 0 Å². The highest BCUT2D eigenvalue weighted by molar-refractivity contribution is 5.87. The Labute approximate surface area is 114 Å². The van der Waals surface area contributed by atoms with Crippen molar-refractivity contribution in [3.05, 3.63) is 30.0 Å². The molecule has 1 aromatic carbocycles. The molecular formula is C16H22N2O. The van der Waals surface area contributed by atoms with Crippen molar-refractivity contribution in [2.45, 2.75) is 31.1 Å². The Morgan fingerprint density at radius 3 is 2.68 bits per heavy atom. The van der Waals surface area contributed by atoms with Crippen molar-refractivity contribution in [3.63, 3.8) is 0 Å². The fourth-order valence-corrected chi connectivity index (χ4v) is 3.64. The Hall–Kier alpha value is -1.48. The van der Waals surface area contributed by atoms with E-state index >= 15 is 0 Å². The zero-order chi connectivity index (χ0) is 13.5. The highest BCUT2D eigenvalue weighted by atomic mass is 16.5. The second-order valence-electron chi connectivity index (χ2n) is 5.67. The van der Waals surface area contributed by atoms with Crippen molar-refractivity contribution >= 4 is 10.9 Å². The van der Waals surface area contributed by atoms with Gasteiger partial charge in [0.1, 0.15) is 5.75 Å². The van der Waals surface area contributed by atoms with E-state index in [1.54, 1.807) is 7.11 Å². The van der Waals surface area contributed by atoms with E-state index < -0.39 is 0 Å². The molecule has 0 spiro atoms. The predicted molar refractivity (Wildman–Crippen MR) is 78.7 cm³/mol. The molecule has 1 heterocycles. The maximum absolute atomic E-state index is 6.12. The second kappa shape index (κ2) is 4.57. The Balaban J connectivity index is 2.22. The van der Waals surface area contributed by atoms with E-state index in [4.69, 9.17) is 10.5 Å². The highest BCUT2D eigenvalue weighted by Crippen LogP contribution is 2.43. The summed E-state index contributed by atoms with van der Waals surface area (Å²) in [6.45, 7) is 0.736. The number of nitrogens with two attached hydrogens (primary N) is 1. The van der Waals surface area contributed by atoms with Gasteiger partial charge in [0.05, 0.1) is 12.6 Å². The van der Waals surface area contributed by atoms with Gasteiger partial charge in [0.15, 0.2) is 0 Å². The van der Waals surface area contributed by atoms with Crippen LogP contribution in [0.5, 0.6) is 5.75 Å². The molecule has 19 heavy (non-hydrogen) atoms. The topological polar surface area (TPSA) is 40.2 Å². The number of rotatable bonds is 3. The van der Waals surface area contributed by atoms with E-state index in [1.165, 1.54) is 42.3 Å². The molecule has 3 heteroatoms. The van der Waals surface area contributed by atoms with Gasteiger partial charge in [0.2, 0.25) is 0 Å². The summed E-state index contributed by atoms with van der Waals surface area (Å²) in [4.78, 5) is 0. The van der Waals surface area contributed by atoms with Crippen LogP contribution in [0.3, 0.4) is 0 Å². The third-order valence-electron chi connectivity index (χ3n) is 4.76. The lowest BCUT2D eigenvalue weighted by atomic mass is 9.82. The number of aryl methyl sites for hydroxylation is 1. The average molecular weight is 258 g/mol. The van der Waals surface area contributed by atoms with Gasteiger partial charge in [-0.05, 0) is 31.0 Å². The number of hydrogen-bond acceptors (Lipinski definition) is 2. The number of hydrogen-bond donors (Lipinski definition) is 1. The van der Waals surface area contributed by atoms with Crippen molar-refractivity contribution in [1.82, 2.24) is 4.57 Å². The molecule has 0 aliphatic heterocycles. The van der Waals surface area contributed by atoms with Crippen LogP contribution in [-0.2, 0) is 12.5 Å². The van der Waals surface area contributed by atoms with Crippen LogP contribution < -0.4 is 10.5 Å². The van der Waals surface area contributed by atoms with E-state index in [-0.39, 0.29) is 5.41 Å². The normalized spacial score (nSPS) is 18.1. The molecule has 3 rings (SSSR count). The summed E-state index contributed by atoms with van der Waals surface area (Å²) in [5, 5.41) is 1.20. The van der Waals surface area contributed by atoms with Crippen molar-refractivity contribution in [2.75, 3.05) is 13.7 Å². The van der Waals surface area contributed by atoms with E-state index in [1.807, 2.05) is 6.07 Å². The minimum absolute atomic E-state index is 0.165. The van der Waals surface area contributed by atoms with Crippen molar-refractivity contribution in [1.29, 1.82) is 0 Å². The van der Waals surface area contributed by atoms with Gasteiger partial charge in [-0.25, -0.2) is 0 Å². The van der Waals surface area contributed by atoms with Crippen LogP contribution in [0.4, 0.5) is 0 Å². The number of fused-ring (bicyclic) bond motifs is 1. The third-order valence-corrected chi connectivity index (χ3v) is 4.76. The molecule has 0 bridgehead atoms. The summed E-state index contributed by atoms with van der Waals surface area (Å²) in [7, 11) is 3.88. The second-order valence-corrected chi connectivity index (χ2v) is 5.67. The number of nitrogens with zero attached hydrogens (tertiary/aromatic N) is 1. The molecule has 0 unspecified atom stereocenters. The van der Waals surface area contributed by atoms with Gasteiger partial charge in [0, 0.05) is 30.1 Å². The molecule has 102 valence electrons. The minimum Gasteiger partial charge on any atom is -0.496 e. The lowest BCUT2D eigenvalue weighted by molar-refractivity contribution is 0.419. The number of methoxy groups -OCH3 is 1. The standard InChI is InChI=1S/C16H22N2O/c1-18-13-6-5-7-14(19-2)12(13)10-15(18)16(11-17)8-3-4-9-16/h5-7,10H,3-4,8-9,11,17H2,1-2H3.